The van der Waals surface area contributed by atoms with Gasteiger partial charge in [-0.3, -0.25) is 9.59 Å². The summed E-state index contributed by atoms with van der Waals surface area (Å²) in [5.74, 6) is 0.920. The first-order valence-electron chi connectivity index (χ1n) is 10.3. The predicted molar refractivity (Wildman–Crippen MR) is 129 cm³/mol. The first-order chi connectivity index (χ1) is 16.0. The third kappa shape index (κ3) is 7.55. The van der Waals surface area contributed by atoms with Crippen molar-refractivity contribution < 1.29 is 23.8 Å². The molecule has 0 aliphatic carbocycles. The highest BCUT2D eigenvalue weighted by molar-refractivity contribution is 7.14. The van der Waals surface area contributed by atoms with E-state index in [-0.39, 0.29) is 24.3 Å². The molecule has 2 heterocycles. The van der Waals surface area contributed by atoms with E-state index in [1.807, 2.05) is 42.6 Å². The zero-order valence-corrected chi connectivity index (χ0v) is 20.4. The van der Waals surface area contributed by atoms with Gasteiger partial charge in [0.25, 0.3) is 0 Å². The molecule has 176 valence electrons. The Morgan fingerprint density at radius 2 is 1.91 bits per heavy atom. The molecule has 8 nitrogen and oxygen atoms in total. The molecule has 1 atom stereocenters. The summed E-state index contributed by atoms with van der Waals surface area (Å²) in [4.78, 5) is 30.0. The highest BCUT2D eigenvalue weighted by atomic mass is 32.1. The summed E-state index contributed by atoms with van der Waals surface area (Å²) in [6, 6.07) is 9.15. The van der Waals surface area contributed by atoms with E-state index in [1.54, 1.807) is 19.6 Å². The molecular formula is C23H27N3O5S2. The van der Waals surface area contributed by atoms with E-state index in [4.69, 9.17) is 14.2 Å². The van der Waals surface area contributed by atoms with Gasteiger partial charge in [-0.25, -0.2) is 4.98 Å². The number of aromatic nitrogens is 1. The number of methoxy groups -OCH3 is 2. The van der Waals surface area contributed by atoms with Crippen LogP contribution in [-0.2, 0) is 27.2 Å². The summed E-state index contributed by atoms with van der Waals surface area (Å²) in [6.07, 6.45) is 0.432. The van der Waals surface area contributed by atoms with E-state index in [0.717, 1.165) is 10.4 Å². The van der Waals surface area contributed by atoms with Crippen molar-refractivity contribution in [3.05, 3.63) is 57.2 Å². The number of amides is 2. The number of nitrogens with zero attached hydrogens (tertiary/aromatic N) is 1. The molecule has 1 unspecified atom stereocenters. The minimum absolute atomic E-state index is 0.122. The topological polar surface area (TPSA) is 98.8 Å². The molecule has 10 heteroatoms. The molecule has 0 saturated carbocycles. The Hall–Kier alpha value is -2.95. The van der Waals surface area contributed by atoms with Crippen molar-refractivity contribution in [3.63, 3.8) is 0 Å². The molecule has 2 N–H and O–H groups in total. The van der Waals surface area contributed by atoms with Gasteiger partial charge in [-0.15, -0.1) is 22.7 Å². The van der Waals surface area contributed by atoms with Crippen LogP contribution in [-0.4, -0.2) is 44.2 Å². The molecule has 33 heavy (non-hydrogen) atoms. The number of carbonyl (C=O) groups excluding carboxylic acids is 2. The highest BCUT2D eigenvalue weighted by Crippen LogP contribution is 2.30. The lowest BCUT2D eigenvalue weighted by Crippen LogP contribution is -2.28. The van der Waals surface area contributed by atoms with Gasteiger partial charge in [0.2, 0.25) is 11.8 Å². The monoisotopic (exact) mass is 489 g/mol. The average Bonchev–Trinajstić information content (AvgIpc) is 3.46. The lowest BCUT2D eigenvalue weighted by atomic mass is 10.1. The molecule has 2 amide bonds. The lowest BCUT2D eigenvalue weighted by Gasteiger charge is -2.17. The van der Waals surface area contributed by atoms with E-state index in [2.05, 4.69) is 15.6 Å². The Kier molecular flexibility index (Phi) is 9.23. The first-order valence-corrected chi connectivity index (χ1v) is 12.1. The van der Waals surface area contributed by atoms with Crippen LogP contribution in [0.25, 0.3) is 0 Å². The minimum atomic E-state index is -0.233. The van der Waals surface area contributed by atoms with E-state index in [1.165, 1.54) is 22.7 Å². The first kappa shape index (κ1) is 24.7. The molecule has 0 aliphatic rings. The van der Waals surface area contributed by atoms with Gasteiger partial charge in [0.05, 0.1) is 38.3 Å². The Morgan fingerprint density at radius 1 is 1.06 bits per heavy atom. The van der Waals surface area contributed by atoms with Crippen LogP contribution in [0.1, 0.15) is 29.1 Å². The van der Waals surface area contributed by atoms with Crippen molar-refractivity contribution in [3.8, 4) is 11.5 Å². The van der Waals surface area contributed by atoms with Crippen LogP contribution < -0.4 is 20.1 Å². The molecule has 0 fully saturated rings. The maximum absolute atomic E-state index is 12.5. The Labute approximate surface area is 200 Å². The largest absolute Gasteiger partial charge is 0.493 e. The summed E-state index contributed by atoms with van der Waals surface area (Å²) >= 11 is 2.84. The molecule has 0 saturated heterocycles. The van der Waals surface area contributed by atoms with Crippen LogP contribution in [0.15, 0.2) is 41.1 Å². The van der Waals surface area contributed by atoms with Crippen LogP contribution in [0, 0.1) is 0 Å². The summed E-state index contributed by atoms with van der Waals surface area (Å²) in [5, 5.41) is 9.96. The molecule has 0 spiro atoms. The van der Waals surface area contributed by atoms with Crippen LogP contribution in [0.5, 0.6) is 11.5 Å². The Morgan fingerprint density at radius 3 is 2.64 bits per heavy atom. The van der Waals surface area contributed by atoms with Crippen molar-refractivity contribution in [1.29, 1.82) is 0 Å². The fourth-order valence-corrected chi connectivity index (χ4v) is 4.46. The number of thiazole rings is 1. The van der Waals surface area contributed by atoms with Crippen molar-refractivity contribution in [2.24, 2.45) is 0 Å². The maximum Gasteiger partial charge on any atom is 0.231 e. The van der Waals surface area contributed by atoms with Gasteiger partial charge in [0.15, 0.2) is 16.6 Å². The average molecular weight is 490 g/mol. The van der Waals surface area contributed by atoms with Gasteiger partial charge in [0.1, 0.15) is 6.61 Å². The smallest absolute Gasteiger partial charge is 0.231 e. The van der Waals surface area contributed by atoms with Crippen molar-refractivity contribution in [2.45, 2.75) is 25.8 Å². The van der Waals surface area contributed by atoms with Gasteiger partial charge >= 0.3 is 0 Å². The second-order valence-corrected chi connectivity index (χ2v) is 9.06. The summed E-state index contributed by atoms with van der Waals surface area (Å²) in [7, 11) is 3.19. The molecule has 0 bridgehead atoms. The van der Waals surface area contributed by atoms with E-state index in [9.17, 15) is 9.59 Å². The van der Waals surface area contributed by atoms with Gasteiger partial charge in [-0.1, -0.05) is 12.1 Å². The van der Waals surface area contributed by atoms with Crippen molar-refractivity contribution >= 4 is 39.6 Å². The van der Waals surface area contributed by atoms with Crippen molar-refractivity contribution in [1.82, 2.24) is 10.3 Å². The third-order valence-corrected chi connectivity index (χ3v) is 6.35. The fourth-order valence-electron chi connectivity index (χ4n) is 3.03. The van der Waals surface area contributed by atoms with Gasteiger partial charge < -0.3 is 24.8 Å². The SMILES string of the molecule is COCCOc1ccc(C(C)NC(=O)Cc2csc(NC(=O)Cc3cccs3)n2)cc1OC. The number of hydrogen-bond acceptors (Lipinski definition) is 8. The molecule has 0 aliphatic heterocycles. The number of ether oxygens (including phenoxy) is 3. The molecule has 2 aromatic heterocycles. The van der Waals surface area contributed by atoms with E-state index in [0.29, 0.717) is 42.0 Å². The number of anilines is 1. The molecule has 0 radical (unpaired) electrons. The lowest BCUT2D eigenvalue weighted by molar-refractivity contribution is -0.121. The maximum atomic E-state index is 12.5. The zero-order chi connectivity index (χ0) is 23.6. The second kappa shape index (κ2) is 12.3. The number of rotatable bonds is 12. The molecular weight excluding hydrogens is 462 g/mol. The molecule has 1 aromatic carbocycles. The molecule has 3 rings (SSSR count). The standard InChI is InChI=1S/C23H27N3O5S2/c1-15(16-6-7-19(20(11-16)30-3)31-9-8-29-2)24-21(27)12-17-14-33-23(25-17)26-22(28)13-18-5-4-10-32-18/h4-7,10-11,14-15H,8-9,12-13H2,1-3H3,(H,24,27)(H,25,26,28). The van der Waals surface area contributed by atoms with Crippen LogP contribution in [0.2, 0.25) is 0 Å². The van der Waals surface area contributed by atoms with Crippen LogP contribution in [0.4, 0.5) is 5.13 Å². The number of hydrogen-bond donors (Lipinski definition) is 2. The minimum Gasteiger partial charge on any atom is -0.493 e. The normalized spacial score (nSPS) is 11.6. The predicted octanol–water partition coefficient (Wildman–Crippen LogP) is 3.84. The van der Waals surface area contributed by atoms with Crippen LogP contribution >= 0.6 is 22.7 Å². The Balaban J connectivity index is 1.51. The fraction of sp³-hybridized carbons (Fsp3) is 0.348. The zero-order valence-electron chi connectivity index (χ0n) is 18.8. The van der Waals surface area contributed by atoms with Crippen LogP contribution in [0.3, 0.4) is 0 Å². The highest BCUT2D eigenvalue weighted by Gasteiger charge is 2.15. The summed E-state index contributed by atoms with van der Waals surface area (Å²) in [5.41, 5.74) is 1.50. The number of thiophene rings is 1. The summed E-state index contributed by atoms with van der Waals surface area (Å²) in [6.45, 7) is 2.80. The summed E-state index contributed by atoms with van der Waals surface area (Å²) < 4.78 is 16.1. The molecule has 3 aromatic rings. The van der Waals surface area contributed by atoms with Gasteiger partial charge in [-0.2, -0.15) is 0 Å². The quantitative estimate of drug-likeness (QED) is 0.375. The Bertz CT molecular complexity index is 1050. The van der Waals surface area contributed by atoms with Gasteiger partial charge in [-0.05, 0) is 36.1 Å². The van der Waals surface area contributed by atoms with Gasteiger partial charge in [0, 0.05) is 17.4 Å². The number of benzene rings is 1. The number of carbonyl (C=O) groups is 2. The van der Waals surface area contributed by atoms with E-state index >= 15 is 0 Å². The second-order valence-electron chi connectivity index (χ2n) is 7.17. The van der Waals surface area contributed by atoms with Crippen molar-refractivity contribution in [2.75, 3.05) is 32.8 Å². The van der Waals surface area contributed by atoms with E-state index < -0.39 is 0 Å². The number of nitrogens with one attached hydrogen (secondary N) is 2. The third-order valence-electron chi connectivity index (χ3n) is 4.66.